The molecule has 1 amide bonds. The smallest absolute Gasteiger partial charge is 0.253 e. The molecule has 7 nitrogen and oxygen atoms in total. The first-order chi connectivity index (χ1) is 20.5. The first kappa shape index (κ1) is 29.4. The highest BCUT2D eigenvalue weighted by Crippen LogP contribution is 2.38. The van der Waals surface area contributed by atoms with E-state index in [4.69, 9.17) is 9.47 Å². The molecule has 0 radical (unpaired) electrons. The number of nitrogens with zero attached hydrogens (tertiary/aromatic N) is 2. The molecule has 3 atom stereocenters. The maximum atomic E-state index is 12.4. The van der Waals surface area contributed by atoms with Gasteiger partial charge in [-0.15, -0.1) is 6.58 Å². The first-order valence-corrected chi connectivity index (χ1v) is 14.2. The summed E-state index contributed by atoms with van der Waals surface area (Å²) in [5.41, 5.74) is 6.57. The van der Waals surface area contributed by atoms with Gasteiger partial charge in [-0.1, -0.05) is 72.8 Å². The third-order valence-electron chi connectivity index (χ3n) is 7.39. The summed E-state index contributed by atoms with van der Waals surface area (Å²) in [4.78, 5) is 18.6. The number of hydrogen-bond acceptors (Lipinski definition) is 6. The van der Waals surface area contributed by atoms with Gasteiger partial charge in [-0.2, -0.15) is 0 Å². The molecule has 2 heterocycles. The largest absolute Gasteiger partial charge is 0.392 e. The summed E-state index contributed by atoms with van der Waals surface area (Å²) in [6.45, 7) is 5.84. The van der Waals surface area contributed by atoms with Crippen molar-refractivity contribution in [2.75, 3.05) is 20.1 Å². The second kappa shape index (κ2) is 14.2. The highest BCUT2D eigenvalue weighted by Gasteiger charge is 2.32. The Labute approximate surface area is 247 Å². The second-order valence-electron chi connectivity index (χ2n) is 10.6. The van der Waals surface area contributed by atoms with Crippen LogP contribution in [0.2, 0.25) is 0 Å². The van der Waals surface area contributed by atoms with Crippen molar-refractivity contribution in [1.29, 1.82) is 0 Å². The quantitative estimate of drug-likeness (QED) is 0.223. The number of amides is 1. The molecule has 7 heteroatoms. The number of aliphatic hydroxyl groups is 1. The van der Waals surface area contributed by atoms with Crippen molar-refractivity contribution in [3.05, 3.63) is 138 Å². The fraction of sp³-hybridized carbons (Fsp3) is 0.257. The zero-order valence-electron chi connectivity index (χ0n) is 23.9. The fourth-order valence-corrected chi connectivity index (χ4v) is 5.15. The molecule has 1 aromatic heterocycles. The number of aliphatic hydroxyl groups excluding tert-OH is 1. The van der Waals surface area contributed by atoms with Crippen LogP contribution in [-0.2, 0) is 22.6 Å². The Morgan fingerprint density at radius 2 is 1.79 bits per heavy atom. The third kappa shape index (κ3) is 7.57. The lowest BCUT2D eigenvalue weighted by molar-refractivity contribution is -0.252. The van der Waals surface area contributed by atoms with Gasteiger partial charge in [0.2, 0.25) is 0 Å². The van der Waals surface area contributed by atoms with E-state index in [0.717, 1.165) is 52.9 Å². The Morgan fingerprint density at radius 3 is 2.50 bits per heavy atom. The Kier molecular flexibility index (Phi) is 9.90. The molecule has 42 heavy (non-hydrogen) atoms. The van der Waals surface area contributed by atoms with Crippen LogP contribution in [0.4, 0.5) is 0 Å². The first-order valence-electron chi connectivity index (χ1n) is 14.2. The summed E-state index contributed by atoms with van der Waals surface area (Å²) in [5.74, 6) is -0.151. The summed E-state index contributed by atoms with van der Waals surface area (Å²) in [6, 6.07) is 27.8. The van der Waals surface area contributed by atoms with Gasteiger partial charge in [-0.25, -0.2) is 0 Å². The number of likely N-dealkylation sites (N-methyl/N-ethyl adjacent to an activating group) is 1. The molecule has 1 saturated heterocycles. The zero-order chi connectivity index (χ0) is 29.3. The van der Waals surface area contributed by atoms with Gasteiger partial charge in [0.1, 0.15) is 0 Å². The minimum Gasteiger partial charge on any atom is -0.392 e. The van der Waals surface area contributed by atoms with Crippen molar-refractivity contribution >= 4 is 5.91 Å². The van der Waals surface area contributed by atoms with Crippen molar-refractivity contribution in [1.82, 2.24) is 15.2 Å². The Bertz CT molecular complexity index is 1460. The number of ether oxygens (including phenoxy) is 2. The Balaban J connectivity index is 1.29. The van der Waals surface area contributed by atoms with Crippen LogP contribution in [-0.4, -0.2) is 47.1 Å². The molecule has 3 unspecified atom stereocenters. The molecule has 0 spiro atoms. The van der Waals surface area contributed by atoms with Crippen molar-refractivity contribution in [3.63, 3.8) is 0 Å². The topological polar surface area (TPSA) is 83.9 Å². The summed E-state index contributed by atoms with van der Waals surface area (Å²) >= 11 is 0. The molecular formula is C35H37N3O4. The molecule has 0 aliphatic carbocycles. The van der Waals surface area contributed by atoms with E-state index in [-0.39, 0.29) is 24.7 Å². The van der Waals surface area contributed by atoms with Crippen molar-refractivity contribution in [3.8, 4) is 11.1 Å². The van der Waals surface area contributed by atoms with Crippen LogP contribution in [0.5, 0.6) is 0 Å². The number of aromatic nitrogens is 1. The number of nitrogens with one attached hydrogen (secondary N) is 1. The van der Waals surface area contributed by atoms with Crippen molar-refractivity contribution in [2.45, 2.75) is 38.1 Å². The van der Waals surface area contributed by atoms with Crippen LogP contribution < -0.4 is 5.32 Å². The van der Waals surface area contributed by atoms with Crippen LogP contribution >= 0.6 is 0 Å². The van der Waals surface area contributed by atoms with Crippen LogP contribution in [0, 0.1) is 0 Å². The lowest BCUT2D eigenvalue weighted by Gasteiger charge is -2.37. The van der Waals surface area contributed by atoms with E-state index in [9.17, 15) is 9.90 Å². The van der Waals surface area contributed by atoms with E-state index < -0.39 is 6.29 Å². The van der Waals surface area contributed by atoms with Gasteiger partial charge in [-0.3, -0.25) is 9.78 Å². The Hall–Kier alpha value is -4.14. The number of pyridine rings is 1. The van der Waals surface area contributed by atoms with E-state index in [2.05, 4.69) is 65.2 Å². The standard InChI is InChI=1S/C35H37N3O4/c1-3-18-38(2)23-32-20-33(28-11-9-25(24-39)10-12-28)42-35(41-32)29-15-13-27(14-16-29)30-7-4-6-26(19-30)21-37-34(40)31-8-5-17-36-22-31/h3-17,19,22,32-33,35,39H,1,18,20-21,23-24H2,2H3,(H,37,40). The number of hydrogen-bond donors (Lipinski definition) is 2. The second-order valence-corrected chi connectivity index (χ2v) is 10.6. The van der Waals surface area contributed by atoms with Crippen molar-refractivity contribution in [2.24, 2.45) is 0 Å². The van der Waals surface area contributed by atoms with Crippen LogP contribution in [0.3, 0.4) is 0 Å². The lowest BCUT2D eigenvalue weighted by Crippen LogP contribution is -2.37. The third-order valence-corrected chi connectivity index (χ3v) is 7.39. The molecule has 0 bridgehead atoms. The normalized spacial score (nSPS) is 18.5. The highest BCUT2D eigenvalue weighted by atomic mass is 16.7. The van der Waals surface area contributed by atoms with Crippen molar-refractivity contribution < 1.29 is 19.4 Å². The van der Waals surface area contributed by atoms with Gasteiger partial charge in [0, 0.05) is 44.0 Å². The SMILES string of the molecule is C=CCN(C)CC1CC(c2ccc(CO)cc2)OC(c2ccc(-c3cccc(CNC(=O)c4cccnc4)c3)cc2)O1. The van der Waals surface area contributed by atoms with Gasteiger partial charge in [-0.05, 0) is 53.1 Å². The number of carbonyl (C=O) groups is 1. The van der Waals surface area contributed by atoms with Crippen LogP contribution in [0.25, 0.3) is 11.1 Å². The number of carbonyl (C=O) groups excluding carboxylic acids is 1. The number of benzene rings is 3. The van der Waals surface area contributed by atoms with E-state index in [1.807, 2.05) is 42.5 Å². The van der Waals surface area contributed by atoms with E-state index in [0.29, 0.717) is 12.1 Å². The Morgan fingerprint density at radius 1 is 1.00 bits per heavy atom. The summed E-state index contributed by atoms with van der Waals surface area (Å²) in [5, 5.41) is 12.4. The predicted octanol–water partition coefficient (Wildman–Crippen LogP) is 5.83. The van der Waals surface area contributed by atoms with Crippen LogP contribution in [0.1, 0.15) is 51.4 Å². The fourth-order valence-electron chi connectivity index (χ4n) is 5.15. The van der Waals surface area contributed by atoms with E-state index >= 15 is 0 Å². The number of rotatable bonds is 11. The monoisotopic (exact) mass is 563 g/mol. The maximum absolute atomic E-state index is 12.4. The summed E-state index contributed by atoms with van der Waals surface area (Å²) in [6.07, 6.45) is 5.18. The molecule has 1 aliphatic heterocycles. The van der Waals surface area contributed by atoms with E-state index in [1.165, 1.54) is 0 Å². The maximum Gasteiger partial charge on any atom is 0.253 e. The lowest BCUT2D eigenvalue weighted by atomic mass is 9.99. The summed E-state index contributed by atoms with van der Waals surface area (Å²) < 4.78 is 13.0. The van der Waals surface area contributed by atoms with Gasteiger partial charge in [0.25, 0.3) is 5.91 Å². The molecule has 1 fully saturated rings. The van der Waals surface area contributed by atoms with Gasteiger partial charge < -0.3 is 24.8 Å². The molecule has 5 rings (SSSR count). The molecule has 4 aromatic rings. The van der Waals surface area contributed by atoms with E-state index in [1.54, 1.807) is 24.5 Å². The molecule has 1 aliphatic rings. The predicted molar refractivity (Wildman–Crippen MR) is 163 cm³/mol. The highest BCUT2D eigenvalue weighted by molar-refractivity contribution is 5.93. The molecular weight excluding hydrogens is 526 g/mol. The molecule has 3 aromatic carbocycles. The van der Waals surface area contributed by atoms with Gasteiger partial charge in [0.15, 0.2) is 6.29 Å². The average molecular weight is 564 g/mol. The molecule has 0 saturated carbocycles. The zero-order valence-corrected chi connectivity index (χ0v) is 23.9. The minimum absolute atomic E-state index is 0.0157. The molecule has 216 valence electrons. The molecule has 2 N–H and O–H groups in total. The van der Waals surface area contributed by atoms with Gasteiger partial charge >= 0.3 is 0 Å². The summed E-state index contributed by atoms with van der Waals surface area (Å²) in [7, 11) is 2.06. The average Bonchev–Trinajstić information content (AvgIpc) is 3.04. The minimum atomic E-state index is -0.508. The van der Waals surface area contributed by atoms with Crippen LogP contribution in [0.15, 0.2) is 110 Å². The van der Waals surface area contributed by atoms with Gasteiger partial charge in [0.05, 0.1) is 24.4 Å².